The van der Waals surface area contributed by atoms with Crippen molar-refractivity contribution in [1.82, 2.24) is 9.88 Å². The van der Waals surface area contributed by atoms with Crippen LogP contribution in [0, 0.1) is 0 Å². The molecule has 2 aromatic heterocycles. The minimum atomic E-state index is 0.548. The molecule has 4 heterocycles. The molecule has 1 atom stereocenters. The highest BCUT2D eigenvalue weighted by molar-refractivity contribution is 7.18. The van der Waals surface area contributed by atoms with Crippen LogP contribution in [0.3, 0.4) is 0 Å². The van der Waals surface area contributed by atoms with Gasteiger partial charge in [-0.2, -0.15) is 5.11 Å². The number of pyridine rings is 1. The van der Waals surface area contributed by atoms with E-state index >= 15 is 0 Å². The Balaban J connectivity index is 1.51. The molecule has 3 aromatic rings. The van der Waals surface area contributed by atoms with Gasteiger partial charge in [-0.1, -0.05) is 19.1 Å². The Hall–Kier alpha value is -2.38. The molecule has 1 aromatic carbocycles. The molecule has 5 rings (SSSR count). The first-order valence-corrected chi connectivity index (χ1v) is 10.4. The Bertz CT molecular complexity index is 1050. The minimum Gasteiger partial charge on any atom is -0.368 e. The first kappa shape index (κ1) is 16.8. The summed E-state index contributed by atoms with van der Waals surface area (Å²) in [5.74, 6) is 0.988. The second-order valence-corrected chi connectivity index (χ2v) is 8.01. The van der Waals surface area contributed by atoms with E-state index < -0.39 is 0 Å². The Morgan fingerprint density at radius 2 is 2.22 bits per heavy atom. The summed E-state index contributed by atoms with van der Waals surface area (Å²) in [5, 5.41) is 20.0. The second-order valence-electron chi connectivity index (χ2n) is 7.10. The van der Waals surface area contributed by atoms with Crippen LogP contribution in [-0.2, 0) is 0 Å². The van der Waals surface area contributed by atoms with E-state index in [1.807, 2.05) is 0 Å². The molecule has 2 aliphatic heterocycles. The highest BCUT2D eigenvalue weighted by atomic mass is 32.1. The molecule has 6 nitrogen and oxygen atoms in total. The lowest BCUT2D eigenvalue weighted by atomic mass is 10.1. The zero-order valence-electron chi connectivity index (χ0n) is 15.4. The predicted molar refractivity (Wildman–Crippen MR) is 112 cm³/mol. The largest absolute Gasteiger partial charge is 0.368 e. The molecule has 138 valence electrons. The number of hydrogen-bond acceptors (Lipinski definition) is 7. The monoisotopic (exact) mass is 378 g/mol. The number of thiophene rings is 1. The van der Waals surface area contributed by atoms with Crippen LogP contribution in [0.4, 0.5) is 5.82 Å². The molecule has 0 bridgehead atoms. The standard InChI is InChI=1S/C20H22N6S/c1-2-26-8-3-4-14(26)11-21-20-16-7-9-27-19(16)15-6-5-13(10-17(15)23-20)18-12-22-25-24-18/h5-7,9-10,14H,2-4,8,11-12H2,1H3,(H,21,23)/t14-/m0/s1. The molecule has 1 fully saturated rings. The van der Waals surface area contributed by atoms with Gasteiger partial charge in [0.1, 0.15) is 12.4 Å². The van der Waals surface area contributed by atoms with E-state index in [9.17, 15) is 0 Å². The van der Waals surface area contributed by atoms with Gasteiger partial charge in [0.15, 0.2) is 0 Å². The smallest absolute Gasteiger partial charge is 0.135 e. The van der Waals surface area contributed by atoms with Crippen LogP contribution in [0.5, 0.6) is 0 Å². The van der Waals surface area contributed by atoms with Crippen molar-refractivity contribution in [2.45, 2.75) is 25.8 Å². The number of aromatic nitrogens is 1. The van der Waals surface area contributed by atoms with Crippen LogP contribution in [0.2, 0.25) is 0 Å². The molecule has 0 amide bonds. The maximum Gasteiger partial charge on any atom is 0.135 e. The average Bonchev–Trinajstić information content (AvgIpc) is 3.46. The van der Waals surface area contributed by atoms with Crippen molar-refractivity contribution >= 4 is 43.9 Å². The number of anilines is 1. The van der Waals surface area contributed by atoms with Gasteiger partial charge in [0.05, 0.1) is 11.2 Å². The number of likely N-dealkylation sites (N-methyl/N-ethyl adjacent to an activating group) is 1. The van der Waals surface area contributed by atoms with E-state index in [0.29, 0.717) is 12.6 Å². The highest BCUT2D eigenvalue weighted by Crippen LogP contribution is 2.34. The van der Waals surface area contributed by atoms with Crippen LogP contribution in [0.25, 0.3) is 21.0 Å². The van der Waals surface area contributed by atoms with Crippen molar-refractivity contribution in [3.8, 4) is 0 Å². The van der Waals surface area contributed by atoms with Crippen molar-refractivity contribution in [2.75, 3.05) is 31.5 Å². The third kappa shape index (κ3) is 3.00. The maximum absolute atomic E-state index is 4.98. The van der Waals surface area contributed by atoms with Crippen molar-refractivity contribution in [3.63, 3.8) is 0 Å². The third-order valence-electron chi connectivity index (χ3n) is 5.59. The summed E-state index contributed by atoms with van der Waals surface area (Å²) in [5.41, 5.74) is 2.96. The maximum atomic E-state index is 4.98. The molecule has 1 N–H and O–H groups in total. The average molecular weight is 379 g/mol. The third-order valence-corrected chi connectivity index (χ3v) is 6.54. The van der Waals surface area contributed by atoms with E-state index in [1.165, 1.54) is 34.9 Å². The highest BCUT2D eigenvalue weighted by Gasteiger charge is 2.23. The number of hydrogen-bond donors (Lipinski definition) is 1. The Labute approximate surface area is 162 Å². The summed E-state index contributed by atoms with van der Waals surface area (Å²) in [4.78, 5) is 7.54. The van der Waals surface area contributed by atoms with Crippen LogP contribution in [0.1, 0.15) is 25.3 Å². The SMILES string of the molecule is CCN1CCC[C@H]1CNc1nc2cc(C3=NN=NC3)ccc2c2sccc12. The fourth-order valence-electron chi connectivity index (χ4n) is 4.14. The number of likely N-dealkylation sites (tertiary alicyclic amines) is 1. The lowest BCUT2D eigenvalue weighted by molar-refractivity contribution is 0.277. The van der Waals surface area contributed by atoms with Crippen molar-refractivity contribution in [2.24, 2.45) is 15.4 Å². The van der Waals surface area contributed by atoms with Gasteiger partial charge in [-0.25, -0.2) is 4.98 Å². The molecular formula is C20H22N6S. The van der Waals surface area contributed by atoms with Crippen LogP contribution in [-0.4, -0.2) is 47.8 Å². The molecule has 0 saturated carbocycles. The minimum absolute atomic E-state index is 0.548. The molecule has 7 heteroatoms. The summed E-state index contributed by atoms with van der Waals surface area (Å²) in [7, 11) is 0. The van der Waals surface area contributed by atoms with Crippen LogP contribution in [0.15, 0.2) is 45.1 Å². The summed E-state index contributed by atoms with van der Waals surface area (Å²) >= 11 is 1.77. The molecule has 1 saturated heterocycles. The predicted octanol–water partition coefficient (Wildman–Crippen LogP) is 4.52. The second kappa shape index (κ2) is 6.98. The van der Waals surface area contributed by atoms with E-state index in [2.05, 4.69) is 62.2 Å². The number of nitrogens with zero attached hydrogens (tertiary/aromatic N) is 5. The summed E-state index contributed by atoms with van der Waals surface area (Å²) < 4.78 is 1.29. The Morgan fingerprint density at radius 1 is 1.26 bits per heavy atom. The van der Waals surface area contributed by atoms with Crippen molar-refractivity contribution < 1.29 is 0 Å². The number of rotatable bonds is 5. The van der Waals surface area contributed by atoms with Gasteiger partial charge in [-0.3, -0.25) is 4.90 Å². The summed E-state index contributed by atoms with van der Waals surface area (Å²) in [6, 6.07) is 9.14. The van der Waals surface area contributed by atoms with E-state index in [4.69, 9.17) is 4.98 Å². The Kier molecular flexibility index (Phi) is 4.33. The van der Waals surface area contributed by atoms with Crippen molar-refractivity contribution in [1.29, 1.82) is 0 Å². The first-order valence-electron chi connectivity index (χ1n) is 9.56. The summed E-state index contributed by atoms with van der Waals surface area (Å²) in [6.45, 7) is 6.07. The van der Waals surface area contributed by atoms with Gasteiger partial charge in [0, 0.05) is 33.6 Å². The van der Waals surface area contributed by atoms with Gasteiger partial charge in [0.2, 0.25) is 0 Å². The number of benzene rings is 1. The van der Waals surface area contributed by atoms with Gasteiger partial charge >= 0.3 is 0 Å². The van der Waals surface area contributed by atoms with Gasteiger partial charge in [-0.05, 0) is 48.7 Å². The molecule has 27 heavy (non-hydrogen) atoms. The zero-order valence-corrected chi connectivity index (χ0v) is 16.2. The van der Waals surface area contributed by atoms with Gasteiger partial charge in [0.25, 0.3) is 0 Å². The Morgan fingerprint density at radius 3 is 3.07 bits per heavy atom. The van der Waals surface area contributed by atoms with Crippen molar-refractivity contribution in [3.05, 3.63) is 35.2 Å². The lowest BCUT2D eigenvalue weighted by Crippen LogP contribution is -2.34. The lowest BCUT2D eigenvalue weighted by Gasteiger charge is -2.23. The zero-order chi connectivity index (χ0) is 18.2. The first-order chi connectivity index (χ1) is 13.3. The molecular weight excluding hydrogens is 356 g/mol. The topological polar surface area (TPSA) is 65.2 Å². The van der Waals surface area contributed by atoms with E-state index in [1.54, 1.807) is 11.3 Å². The van der Waals surface area contributed by atoms with Crippen LogP contribution < -0.4 is 5.32 Å². The molecule has 0 spiro atoms. The summed E-state index contributed by atoms with van der Waals surface area (Å²) in [6.07, 6.45) is 2.55. The fraction of sp³-hybridized carbons (Fsp3) is 0.400. The molecule has 0 aliphatic carbocycles. The normalized spacial score (nSPS) is 20.0. The number of fused-ring (bicyclic) bond motifs is 3. The van der Waals surface area contributed by atoms with E-state index in [0.717, 1.165) is 35.7 Å². The van der Waals surface area contributed by atoms with Gasteiger partial charge in [-0.15, -0.1) is 16.4 Å². The van der Waals surface area contributed by atoms with Gasteiger partial charge < -0.3 is 5.32 Å². The molecule has 0 unspecified atom stereocenters. The van der Waals surface area contributed by atoms with Crippen LogP contribution >= 0.6 is 11.3 Å². The number of nitrogens with one attached hydrogen (secondary N) is 1. The fourth-order valence-corrected chi connectivity index (χ4v) is 5.07. The quantitative estimate of drug-likeness (QED) is 0.710. The van der Waals surface area contributed by atoms with E-state index in [-0.39, 0.29) is 0 Å². The molecule has 0 radical (unpaired) electrons. The molecule has 2 aliphatic rings.